The topological polar surface area (TPSA) is 19.6 Å². The third-order valence-corrected chi connectivity index (χ3v) is 12.1. The second kappa shape index (κ2) is 11.8. The van der Waals surface area contributed by atoms with E-state index in [0.717, 1.165) is 50.4 Å². The Kier molecular flexibility index (Phi) is 6.83. The van der Waals surface area contributed by atoms with Gasteiger partial charge in [-0.1, -0.05) is 18.2 Å². The molecule has 0 saturated heterocycles. The Bertz CT molecular complexity index is 2840. The van der Waals surface area contributed by atoms with Crippen molar-refractivity contribution in [3.63, 3.8) is 0 Å². The number of benzene rings is 8. The fourth-order valence-electron chi connectivity index (χ4n) is 7.37. The van der Waals surface area contributed by atoms with Crippen molar-refractivity contribution < 1.29 is 4.42 Å². The molecule has 0 radical (unpaired) electrons. The van der Waals surface area contributed by atoms with Gasteiger partial charge in [-0.2, -0.15) is 0 Å². The summed E-state index contributed by atoms with van der Waals surface area (Å²) in [5.74, 6) is 0. The number of fused-ring (bicyclic) bond motifs is 8. The van der Waals surface area contributed by atoms with Gasteiger partial charge in [0.1, 0.15) is 5.58 Å². The van der Waals surface area contributed by atoms with E-state index in [-0.39, 0.29) is 14.5 Å². The Hall–Kier alpha value is -6.06. The monoisotopic (exact) mass is 706 g/mol. The van der Waals surface area contributed by atoms with Crippen LogP contribution in [0.2, 0.25) is 0 Å². The summed E-state index contributed by atoms with van der Waals surface area (Å²) in [4.78, 5) is 4.75. The van der Waals surface area contributed by atoms with E-state index in [2.05, 4.69) is 180 Å². The van der Waals surface area contributed by atoms with Crippen LogP contribution in [-0.2, 0) is 0 Å². The SMILES string of the molecule is c1ccc(N(c2cccc(N(c3ccccc3)c3cccc4ccc5c6ccccc6[se]c5c34)c2)c2ccc3c(c2)oc2ccccc23)cc1. The van der Waals surface area contributed by atoms with Crippen LogP contribution in [0.3, 0.4) is 0 Å². The molecule has 0 unspecified atom stereocenters. The minimum atomic E-state index is 0.213. The molecule has 0 amide bonds. The summed E-state index contributed by atoms with van der Waals surface area (Å²) in [6, 6.07) is 65.3. The van der Waals surface area contributed by atoms with Crippen LogP contribution in [0, 0.1) is 0 Å². The molecule has 10 aromatic rings. The van der Waals surface area contributed by atoms with Gasteiger partial charge < -0.3 is 0 Å². The van der Waals surface area contributed by atoms with Crippen molar-refractivity contribution in [2.45, 2.75) is 0 Å². The minimum absolute atomic E-state index is 0.213. The summed E-state index contributed by atoms with van der Waals surface area (Å²) in [7, 11) is 0. The molecule has 0 atom stereocenters. The molecule has 0 bridgehead atoms. The van der Waals surface area contributed by atoms with Crippen LogP contribution < -0.4 is 9.80 Å². The number of hydrogen-bond donors (Lipinski definition) is 0. The zero-order valence-corrected chi connectivity index (χ0v) is 28.7. The first-order valence-corrected chi connectivity index (χ1v) is 18.6. The van der Waals surface area contributed by atoms with E-state index < -0.39 is 0 Å². The molecule has 0 aliphatic rings. The summed E-state index contributed by atoms with van der Waals surface area (Å²) in [6.45, 7) is 0. The maximum absolute atomic E-state index is 6.36. The van der Waals surface area contributed by atoms with Crippen molar-refractivity contribution in [2.24, 2.45) is 0 Å². The van der Waals surface area contributed by atoms with Crippen molar-refractivity contribution in [1.29, 1.82) is 0 Å². The van der Waals surface area contributed by atoms with Gasteiger partial charge in [0.05, 0.1) is 0 Å². The summed E-state index contributed by atoms with van der Waals surface area (Å²) < 4.78 is 9.26. The van der Waals surface area contributed by atoms with Crippen molar-refractivity contribution in [3.05, 3.63) is 182 Å². The van der Waals surface area contributed by atoms with E-state index in [4.69, 9.17) is 4.42 Å². The second-order valence-corrected chi connectivity index (χ2v) is 14.8. The van der Waals surface area contributed by atoms with E-state index in [1.807, 2.05) is 12.1 Å². The van der Waals surface area contributed by atoms with Gasteiger partial charge in [0.25, 0.3) is 0 Å². The Morgan fingerprint density at radius 2 is 0.980 bits per heavy atom. The molecule has 0 aliphatic heterocycles. The van der Waals surface area contributed by atoms with Gasteiger partial charge in [0, 0.05) is 5.39 Å². The van der Waals surface area contributed by atoms with E-state index in [9.17, 15) is 0 Å². The predicted octanol–water partition coefficient (Wildman–Crippen LogP) is 13.0. The first-order chi connectivity index (χ1) is 24.8. The van der Waals surface area contributed by atoms with Crippen LogP contribution in [0.4, 0.5) is 34.1 Å². The summed E-state index contributed by atoms with van der Waals surface area (Å²) in [5.41, 5.74) is 8.35. The molecular weight excluding hydrogens is 675 g/mol. The van der Waals surface area contributed by atoms with Gasteiger partial charge in [-0.05, 0) is 6.07 Å². The third-order valence-electron chi connectivity index (χ3n) is 9.60. The van der Waals surface area contributed by atoms with E-state index in [0.29, 0.717) is 0 Å². The van der Waals surface area contributed by atoms with Crippen LogP contribution in [0.5, 0.6) is 0 Å². The zero-order chi connectivity index (χ0) is 33.0. The molecule has 2 aromatic heterocycles. The van der Waals surface area contributed by atoms with E-state index in [1.54, 1.807) is 0 Å². The predicted molar refractivity (Wildman–Crippen MR) is 213 cm³/mol. The Morgan fingerprint density at radius 1 is 0.380 bits per heavy atom. The first kappa shape index (κ1) is 28.9. The standard InChI is InChI=1S/C46H30N2OSe/c1-3-14-32(15-4-1)47(36-26-28-38-37-20-7-9-23-42(37)49-43(38)30-36)34-18-12-19-35(29-34)48(33-16-5-2-6-17-33)41-22-11-13-31-25-27-40-39-21-8-10-24-44(39)50-46(40)45(31)41/h1-30H. The Morgan fingerprint density at radius 3 is 1.80 bits per heavy atom. The van der Waals surface area contributed by atoms with Gasteiger partial charge in [0.2, 0.25) is 0 Å². The summed E-state index contributed by atoms with van der Waals surface area (Å²) in [5, 5.41) is 7.56. The van der Waals surface area contributed by atoms with Crippen molar-refractivity contribution in [2.75, 3.05) is 9.80 Å². The van der Waals surface area contributed by atoms with E-state index >= 15 is 0 Å². The Labute approximate surface area is 295 Å². The molecule has 0 fully saturated rings. The number of anilines is 6. The van der Waals surface area contributed by atoms with Crippen molar-refractivity contribution in [3.8, 4) is 0 Å². The van der Waals surface area contributed by atoms with Gasteiger partial charge in [0.15, 0.2) is 0 Å². The number of furan rings is 1. The quantitative estimate of drug-likeness (QED) is 0.161. The number of rotatable bonds is 6. The molecule has 2 heterocycles. The van der Waals surface area contributed by atoms with Gasteiger partial charge in [-0.15, -0.1) is 0 Å². The fraction of sp³-hybridized carbons (Fsp3) is 0. The molecule has 8 aromatic carbocycles. The molecule has 236 valence electrons. The van der Waals surface area contributed by atoms with Crippen molar-refractivity contribution >= 4 is 101 Å². The molecule has 3 nitrogen and oxygen atoms in total. The van der Waals surface area contributed by atoms with Gasteiger partial charge >= 0.3 is 262 Å². The molecule has 50 heavy (non-hydrogen) atoms. The normalized spacial score (nSPS) is 11.6. The summed E-state index contributed by atoms with van der Waals surface area (Å²) >= 11 is 0.213. The van der Waals surface area contributed by atoms with Crippen LogP contribution in [0.1, 0.15) is 0 Å². The zero-order valence-electron chi connectivity index (χ0n) is 27.0. The molecular formula is C46H30N2OSe. The van der Waals surface area contributed by atoms with Crippen LogP contribution in [-0.4, -0.2) is 14.5 Å². The van der Waals surface area contributed by atoms with Crippen molar-refractivity contribution in [1.82, 2.24) is 0 Å². The van der Waals surface area contributed by atoms with Gasteiger partial charge in [-0.3, -0.25) is 0 Å². The third kappa shape index (κ3) is 4.73. The molecule has 0 saturated carbocycles. The first-order valence-electron chi connectivity index (χ1n) is 16.8. The maximum atomic E-state index is 6.36. The molecule has 0 N–H and O–H groups in total. The second-order valence-electron chi connectivity index (χ2n) is 12.6. The number of hydrogen-bond acceptors (Lipinski definition) is 3. The molecule has 4 heteroatoms. The van der Waals surface area contributed by atoms with Gasteiger partial charge in [-0.25, -0.2) is 0 Å². The fourth-order valence-corrected chi connectivity index (χ4v) is 10.0. The average Bonchev–Trinajstić information content (AvgIpc) is 3.74. The molecule has 0 spiro atoms. The Balaban J connectivity index is 1.19. The molecule has 0 aliphatic carbocycles. The molecule has 10 rings (SSSR count). The summed E-state index contributed by atoms with van der Waals surface area (Å²) in [6.07, 6.45) is 0. The van der Waals surface area contributed by atoms with Crippen LogP contribution in [0.15, 0.2) is 186 Å². The van der Waals surface area contributed by atoms with E-state index in [1.165, 1.54) is 35.8 Å². The van der Waals surface area contributed by atoms with Crippen LogP contribution >= 0.6 is 0 Å². The number of nitrogens with zero attached hydrogens (tertiary/aromatic N) is 2. The number of para-hydroxylation sites is 3. The van der Waals surface area contributed by atoms with Crippen LogP contribution in [0.25, 0.3) is 52.0 Å². The average molecular weight is 706 g/mol.